The fourth-order valence-corrected chi connectivity index (χ4v) is 4.44. The molecule has 0 radical (unpaired) electrons. The Morgan fingerprint density at radius 3 is 2.83 bits per heavy atom. The van der Waals surface area contributed by atoms with Crippen LogP contribution in [0.5, 0.6) is 0 Å². The van der Waals surface area contributed by atoms with Gasteiger partial charge >= 0.3 is 0 Å². The minimum Gasteiger partial charge on any atom is -0.378 e. The van der Waals surface area contributed by atoms with Gasteiger partial charge in [-0.05, 0) is 31.4 Å². The van der Waals surface area contributed by atoms with Crippen molar-refractivity contribution in [3.05, 3.63) is 35.1 Å². The molecule has 23 heavy (non-hydrogen) atoms. The van der Waals surface area contributed by atoms with Gasteiger partial charge < -0.3 is 9.64 Å². The first-order valence-corrected chi connectivity index (χ1v) is 8.88. The van der Waals surface area contributed by atoms with Gasteiger partial charge in [-0.25, -0.2) is 4.98 Å². The quantitative estimate of drug-likeness (QED) is 0.847. The lowest BCUT2D eigenvalue weighted by Gasteiger charge is -2.31. The molecule has 1 atom stereocenters. The van der Waals surface area contributed by atoms with E-state index in [1.165, 1.54) is 10.6 Å². The van der Waals surface area contributed by atoms with Gasteiger partial charge in [0.2, 0.25) is 5.91 Å². The van der Waals surface area contributed by atoms with E-state index in [1.807, 2.05) is 17.0 Å². The van der Waals surface area contributed by atoms with Crippen LogP contribution in [0.25, 0.3) is 10.6 Å². The second-order valence-corrected chi connectivity index (χ2v) is 7.09. The number of hydrogen-bond donors (Lipinski definition) is 0. The number of hydrogen-bond acceptors (Lipinski definition) is 5. The van der Waals surface area contributed by atoms with Crippen LogP contribution in [0.2, 0.25) is 0 Å². The largest absolute Gasteiger partial charge is 0.378 e. The molecule has 1 amide bonds. The Morgan fingerprint density at radius 2 is 2.04 bits per heavy atom. The van der Waals surface area contributed by atoms with Gasteiger partial charge in [0.25, 0.3) is 0 Å². The van der Waals surface area contributed by atoms with Crippen LogP contribution in [0.15, 0.2) is 24.5 Å². The number of morpholine rings is 1. The second kappa shape index (κ2) is 6.37. The van der Waals surface area contributed by atoms with Crippen LogP contribution >= 0.6 is 11.3 Å². The van der Waals surface area contributed by atoms with Crippen LogP contribution in [-0.2, 0) is 22.4 Å². The molecule has 1 fully saturated rings. The zero-order valence-corrected chi connectivity index (χ0v) is 13.7. The Labute approximate surface area is 139 Å². The monoisotopic (exact) mass is 329 g/mol. The van der Waals surface area contributed by atoms with Crippen molar-refractivity contribution in [2.75, 3.05) is 26.3 Å². The van der Waals surface area contributed by atoms with E-state index in [4.69, 9.17) is 9.72 Å². The van der Waals surface area contributed by atoms with Crippen LogP contribution in [0.4, 0.5) is 0 Å². The molecular formula is C17H19N3O2S. The zero-order valence-electron chi connectivity index (χ0n) is 12.9. The predicted octanol–water partition coefficient (Wildman–Crippen LogP) is 2.17. The highest BCUT2D eigenvalue weighted by Crippen LogP contribution is 2.35. The van der Waals surface area contributed by atoms with Gasteiger partial charge in [0.15, 0.2) is 0 Å². The third kappa shape index (κ3) is 3.01. The van der Waals surface area contributed by atoms with Gasteiger partial charge in [-0.2, -0.15) is 0 Å². The molecule has 1 saturated heterocycles. The summed E-state index contributed by atoms with van der Waals surface area (Å²) in [5.74, 6) is 0.393. The Morgan fingerprint density at radius 1 is 1.26 bits per heavy atom. The first kappa shape index (κ1) is 14.8. The Hall–Kier alpha value is -1.79. The molecule has 5 nitrogen and oxygen atoms in total. The topological polar surface area (TPSA) is 55.3 Å². The van der Waals surface area contributed by atoms with Crippen molar-refractivity contribution in [1.82, 2.24) is 14.9 Å². The minimum atomic E-state index is 0.103. The summed E-state index contributed by atoms with van der Waals surface area (Å²) in [5, 5.41) is 1.04. The van der Waals surface area contributed by atoms with Crippen LogP contribution in [0, 0.1) is 5.92 Å². The summed E-state index contributed by atoms with van der Waals surface area (Å²) in [6, 6.07) is 3.97. The molecule has 2 aromatic rings. The number of amides is 1. The van der Waals surface area contributed by atoms with E-state index < -0.39 is 0 Å². The number of aromatic nitrogens is 2. The molecule has 3 heterocycles. The Bertz CT molecular complexity index is 695. The summed E-state index contributed by atoms with van der Waals surface area (Å²) < 4.78 is 5.34. The van der Waals surface area contributed by atoms with Gasteiger partial charge in [-0.1, -0.05) is 0 Å². The van der Waals surface area contributed by atoms with Crippen molar-refractivity contribution in [2.24, 2.45) is 5.92 Å². The smallest absolute Gasteiger partial charge is 0.226 e. The SMILES string of the molecule is O=C(C1CCc2nc(-c3ccncc3)sc2C1)N1CCOCC1. The Balaban J connectivity index is 1.51. The summed E-state index contributed by atoms with van der Waals surface area (Å²) in [4.78, 5) is 24.8. The van der Waals surface area contributed by atoms with Gasteiger partial charge in [-0.3, -0.25) is 9.78 Å². The highest BCUT2D eigenvalue weighted by molar-refractivity contribution is 7.15. The number of rotatable bonds is 2. The van der Waals surface area contributed by atoms with Crippen LogP contribution in [0.1, 0.15) is 17.0 Å². The number of carbonyl (C=O) groups excluding carboxylic acids is 1. The van der Waals surface area contributed by atoms with Gasteiger partial charge in [0, 0.05) is 41.8 Å². The highest BCUT2D eigenvalue weighted by atomic mass is 32.1. The molecule has 0 N–H and O–H groups in total. The van der Waals surface area contributed by atoms with Gasteiger partial charge in [0.1, 0.15) is 5.01 Å². The average molecular weight is 329 g/mol. The van der Waals surface area contributed by atoms with E-state index in [2.05, 4.69) is 4.98 Å². The molecule has 6 heteroatoms. The lowest BCUT2D eigenvalue weighted by atomic mass is 9.90. The van der Waals surface area contributed by atoms with E-state index in [0.717, 1.165) is 42.9 Å². The van der Waals surface area contributed by atoms with E-state index in [9.17, 15) is 4.79 Å². The van der Waals surface area contributed by atoms with E-state index in [0.29, 0.717) is 13.2 Å². The zero-order chi connectivity index (χ0) is 15.6. The summed E-state index contributed by atoms with van der Waals surface area (Å²) in [6.45, 7) is 2.78. The van der Waals surface area contributed by atoms with Crippen LogP contribution < -0.4 is 0 Å². The number of thiazole rings is 1. The normalized spacial score (nSPS) is 21.0. The van der Waals surface area contributed by atoms with Crippen molar-refractivity contribution >= 4 is 17.2 Å². The number of pyridine rings is 1. The number of nitrogens with zero attached hydrogens (tertiary/aromatic N) is 3. The van der Waals surface area contributed by atoms with Crippen LogP contribution in [0.3, 0.4) is 0 Å². The van der Waals surface area contributed by atoms with Crippen molar-refractivity contribution in [2.45, 2.75) is 19.3 Å². The third-order valence-corrected chi connectivity index (χ3v) is 5.71. The first-order chi connectivity index (χ1) is 11.3. The molecule has 0 saturated carbocycles. The van der Waals surface area contributed by atoms with Crippen molar-refractivity contribution in [3.63, 3.8) is 0 Å². The molecule has 0 bridgehead atoms. The van der Waals surface area contributed by atoms with Crippen molar-refractivity contribution < 1.29 is 9.53 Å². The first-order valence-electron chi connectivity index (χ1n) is 8.07. The maximum absolute atomic E-state index is 12.7. The summed E-state index contributed by atoms with van der Waals surface area (Å²) in [7, 11) is 0. The van der Waals surface area contributed by atoms with E-state index in [1.54, 1.807) is 23.7 Å². The molecular weight excluding hydrogens is 310 g/mol. The maximum atomic E-state index is 12.7. The van der Waals surface area contributed by atoms with Crippen molar-refractivity contribution in [1.29, 1.82) is 0 Å². The molecule has 0 aromatic carbocycles. The molecule has 1 aliphatic carbocycles. The number of aryl methyl sites for hydroxylation is 1. The Kier molecular flexibility index (Phi) is 4.10. The van der Waals surface area contributed by atoms with E-state index >= 15 is 0 Å². The van der Waals surface area contributed by atoms with Crippen LogP contribution in [-0.4, -0.2) is 47.1 Å². The predicted molar refractivity (Wildman–Crippen MR) is 88.3 cm³/mol. The molecule has 0 spiro atoms. The van der Waals surface area contributed by atoms with E-state index in [-0.39, 0.29) is 11.8 Å². The number of fused-ring (bicyclic) bond motifs is 1. The maximum Gasteiger partial charge on any atom is 0.226 e. The molecule has 2 aromatic heterocycles. The standard InChI is InChI=1S/C17H19N3O2S/c21-17(20-7-9-22-10-8-20)13-1-2-14-15(11-13)23-16(19-14)12-3-5-18-6-4-12/h3-6,13H,1-2,7-11H2. The number of ether oxygens (including phenoxy) is 1. The lowest BCUT2D eigenvalue weighted by molar-refractivity contribution is -0.140. The van der Waals surface area contributed by atoms with Gasteiger partial charge in [0.05, 0.1) is 18.9 Å². The molecule has 4 rings (SSSR count). The lowest BCUT2D eigenvalue weighted by Crippen LogP contribution is -2.44. The highest BCUT2D eigenvalue weighted by Gasteiger charge is 2.31. The molecule has 1 unspecified atom stereocenters. The summed E-state index contributed by atoms with van der Waals surface area (Å²) in [5.41, 5.74) is 2.28. The fraction of sp³-hybridized carbons (Fsp3) is 0.471. The summed E-state index contributed by atoms with van der Waals surface area (Å²) >= 11 is 1.72. The van der Waals surface area contributed by atoms with Crippen molar-refractivity contribution in [3.8, 4) is 10.6 Å². The minimum absolute atomic E-state index is 0.103. The molecule has 120 valence electrons. The molecule has 1 aliphatic heterocycles. The molecule has 2 aliphatic rings. The third-order valence-electron chi connectivity index (χ3n) is 4.54. The fourth-order valence-electron chi connectivity index (χ4n) is 3.25. The summed E-state index contributed by atoms with van der Waals surface area (Å²) in [6.07, 6.45) is 6.22. The van der Waals surface area contributed by atoms with Gasteiger partial charge in [-0.15, -0.1) is 11.3 Å². The average Bonchev–Trinajstić information content (AvgIpc) is 3.06. The second-order valence-electron chi connectivity index (χ2n) is 6.00. The number of carbonyl (C=O) groups is 1.